The van der Waals surface area contributed by atoms with E-state index in [2.05, 4.69) is 0 Å². The average molecular weight is 826 g/mol. The minimum absolute atomic E-state index is 0.0000571. The van der Waals surface area contributed by atoms with E-state index in [1.807, 2.05) is 0 Å². The van der Waals surface area contributed by atoms with Gasteiger partial charge in [0, 0.05) is 10.8 Å². The van der Waals surface area contributed by atoms with Crippen molar-refractivity contribution in [2.24, 2.45) is 0 Å². The van der Waals surface area contributed by atoms with E-state index < -0.39 is 0 Å². The van der Waals surface area contributed by atoms with Crippen molar-refractivity contribution < 1.29 is 4.42 Å². The molecule has 0 spiro atoms. The molecule has 0 aliphatic rings. The molecule has 0 amide bonds. The summed E-state index contributed by atoms with van der Waals surface area (Å²) in [5.41, 5.74) is -3.70. The lowest BCUT2D eigenvalue weighted by molar-refractivity contribution is 0.675. The summed E-state index contributed by atoms with van der Waals surface area (Å²) >= 11 is 0. The fourth-order valence-corrected chi connectivity index (χ4v) is 10.4. The summed E-state index contributed by atoms with van der Waals surface area (Å²) in [7, 11) is 177. The third-order valence-electron chi connectivity index (χ3n) is 14.1. The van der Waals surface area contributed by atoms with Crippen LogP contribution in [-0.2, 0) is 0 Å². The van der Waals surface area contributed by atoms with Crippen molar-refractivity contribution in [1.82, 2.24) is 0 Å². The maximum absolute atomic E-state index is 7.38. The molecule has 1 heterocycles. The average Bonchev–Trinajstić information content (AvgIpc) is 3.75. The molecule has 0 fully saturated rings. The summed E-state index contributed by atoms with van der Waals surface area (Å²) in [6, 6.07) is 0. The zero-order chi connectivity index (χ0) is 52.1. The van der Waals surface area contributed by atoms with Crippen LogP contribution in [0.5, 0.6) is 0 Å². The van der Waals surface area contributed by atoms with Gasteiger partial charge in [-0.25, -0.2) is 0 Å². The van der Waals surface area contributed by atoms with Gasteiger partial charge in [0.25, 0.3) is 0 Å². The lowest BCUT2D eigenvalue weighted by atomic mass is 9.56. The SMILES string of the molecule is [B]c1c([B])c(-c2c3c([B])c([B])c([B])c([B])c3c(-c3c([B])c4c([B])c([B])c([B])c([B])c4c4c([B])c([B])c([B])c([B])c34)c3c([B])c([B])c([B])c([B])c23)c2c(oc3c([B])c4c([B])c([B])c([B])c([B])c4c([B])c32)c1[B]. The van der Waals surface area contributed by atoms with E-state index in [0.717, 1.165) is 0 Å². The van der Waals surface area contributed by atoms with Gasteiger partial charge in [0.15, 0.2) is 0 Å². The molecule has 1 nitrogen and oxygen atoms in total. The molecule has 0 bridgehead atoms. The van der Waals surface area contributed by atoms with E-state index in [9.17, 15) is 0 Å². The predicted octanol–water partition coefficient (Wildman–Crippen LogP) is -18.7. The van der Waals surface area contributed by atoms with Crippen molar-refractivity contribution in [1.29, 1.82) is 0 Å². The topological polar surface area (TPSA) is 13.1 Å². The maximum Gasteiger partial charge on any atom is 0.128 e. The van der Waals surface area contributed by atoms with Gasteiger partial charge in [-0.3, -0.25) is 0 Å². The third-order valence-corrected chi connectivity index (χ3v) is 14.1. The van der Waals surface area contributed by atoms with Crippen LogP contribution in [0.3, 0.4) is 0 Å². The Hall–Kier alpha value is -4.23. The van der Waals surface area contributed by atoms with Crippen molar-refractivity contribution in [2.75, 3.05) is 0 Å². The summed E-state index contributed by atoms with van der Waals surface area (Å²) in [4.78, 5) is 0. The number of benzene rings is 9. The van der Waals surface area contributed by atoms with Gasteiger partial charge < -0.3 is 4.42 Å². The number of fused-ring (bicyclic) bond motifs is 9. The standard InChI is InChI=1S/C44B26O/c45-17-3(9-10(25(53)36(64)35(63)24(9)52)11-13(17)27(55)38(66)37(65)26(11)54)1-4-6(21(49)33(61)31(59)19(4)47)2(7-5(1)20(48)32(60)34(62)22(7)50)8-12-16-18(46)14-15(29(57)40(68)39(67)28(14)56)30(58)44(16)71-43(12)42(70)41(69)23(8)51. The summed E-state index contributed by atoms with van der Waals surface area (Å²) in [5.74, 6) is 0. The van der Waals surface area contributed by atoms with Gasteiger partial charge in [-0.15, -0.1) is 60.1 Å². The van der Waals surface area contributed by atoms with Gasteiger partial charge in [0.05, 0.1) is 0 Å². The number of furan rings is 1. The second-order valence-electron chi connectivity index (χ2n) is 17.5. The van der Waals surface area contributed by atoms with Crippen LogP contribution < -0.4 is 142 Å². The summed E-state index contributed by atoms with van der Waals surface area (Å²) < 4.78 is 6.52. The van der Waals surface area contributed by atoms with Crippen molar-refractivity contribution >= 4 is 422 Å². The monoisotopic (exact) mass is 830 g/mol. The summed E-state index contributed by atoms with van der Waals surface area (Å²) in [5, 5.41) is 0.651. The first-order chi connectivity index (χ1) is 33.2. The molecule has 9 aromatic carbocycles. The summed E-state index contributed by atoms with van der Waals surface area (Å²) in [6.45, 7) is 0. The molecule has 0 saturated carbocycles. The highest BCUT2D eigenvalue weighted by Crippen LogP contribution is 2.44. The quantitative estimate of drug-likeness (QED) is 0.0961. The Bertz CT molecular complexity index is 4210. The van der Waals surface area contributed by atoms with Crippen LogP contribution in [0.15, 0.2) is 4.42 Å². The van der Waals surface area contributed by atoms with Crippen LogP contribution in [0.2, 0.25) is 0 Å². The predicted molar refractivity (Wildman–Crippen MR) is 332 cm³/mol. The molecule has 0 atom stereocenters. The first kappa shape index (κ1) is 50.3. The molecule has 10 rings (SSSR count). The molecule has 0 N–H and O–H groups in total. The molecular formula is C44B26O. The van der Waals surface area contributed by atoms with Crippen molar-refractivity contribution in [3.8, 4) is 22.3 Å². The molecule has 0 saturated heterocycles. The molecule has 71 heavy (non-hydrogen) atoms. The first-order valence-electron chi connectivity index (χ1n) is 20.9. The molecule has 0 aliphatic heterocycles. The van der Waals surface area contributed by atoms with Crippen molar-refractivity contribution in [3.63, 3.8) is 0 Å². The maximum atomic E-state index is 7.38. The highest BCUT2D eigenvalue weighted by molar-refractivity contribution is 6.78. The molecule has 27 heteroatoms. The van der Waals surface area contributed by atoms with E-state index in [-0.39, 0.29) is 240 Å². The normalized spacial score (nSPS) is 12.0. The van der Waals surface area contributed by atoms with Crippen LogP contribution in [-0.4, -0.2) is 204 Å². The Balaban J connectivity index is 1.62. The zero-order valence-electron chi connectivity index (χ0n) is 37.4. The second-order valence-corrected chi connectivity index (χ2v) is 17.5. The van der Waals surface area contributed by atoms with E-state index >= 15 is 0 Å². The zero-order valence-corrected chi connectivity index (χ0v) is 37.4. The van der Waals surface area contributed by atoms with Crippen LogP contribution in [0, 0.1) is 0 Å². The number of hydrogen-bond acceptors (Lipinski definition) is 1. The van der Waals surface area contributed by atoms with Crippen molar-refractivity contribution in [2.45, 2.75) is 0 Å². The first-order valence-corrected chi connectivity index (χ1v) is 20.9. The van der Waals surface area contributed by atoms with Gasteiger partial charge in [0.1, 0.15) is 215 Å². The van der Waals surface area contributed by atoms with Gasteiger partial charge in [-0.1, -0.05) is 76.5 Å². The minimum atomic E-state index is -0.202. The fourth-order valence-electron chi connectivity index (χ4n) is 10.4. The second kappa shape index (κ2) is 16.6. The van der Waals surface area contributed by atoms with E-state index in [1.54, 1.807) is 0 Å². The molecular weight excluding hydrogens is 826 g/mol. The van der Waals surface area contributed by atoms with Gasteiger partial charge in [0.2, 0.25) is 0 Å². The molecule has 52 radical (unpaired) electrons. The fraction of sp³-hybridized carbons (Fsp3) is 0. The molecule has 0 aliphatic carbocycles. The minimum Gasteiger partial charge on any atom is -0.457 e. The molecule has 1 aromatic heterocycles. The van der Waals surface area contributed by atoms with E-state index in [0.29, 0.717) is 0 Å². The van der Waals surface area contributed by atoms with Crippen LogP contribution in [0.25, 0.3) is 98.1 Å². The highest BCUT2D eigenvalue weighted by atomic mass is 16.3. The Morgan fingerprint density at radius 1 is 0.127 bits per heavy atom. The molecule has 0 unspecified atom stereocenters. The number of rotatable bonds is 2. The third kappa shape index (κ3) is 6.20. The van der Waals surface area contributed by atoms with E-state index in [1.165, 1.54) is 0 Å². The molecule has 260 valence electrons. The Morgan fingerprint density at radius 2 is 0.352 bits per heavy atom. The number of hydrogen-bond donors (Lipinski definition) is 0. The van der Waals surface area contributed by atoms with Gasteiger partial charge in [-0.2, -0.15) is 0 Å². The van der Waals surface area contributed by atoms with Crippen LogP contribution >= 0.6 is 0 Å². The Labute approximate surface area is 445 Å². The lowest BCUT2D eigenvalue weighted by Gasteiger charge is -2.32. The van der Waals surface area contributed by atoms with Crippen molar-refractivity contribution in [3.05, 3.63) is 0 Å². The Morgan fingerprint density at radius 3 is 0.704 bits per heavy atom. The highest BCUT2D eigenvalue weighted by Gasteiger charge is 2.32. The molecule has 10 aromatic rings. The Kier molecular flexibility index (Phi) is 11.8. The van der Waals surface area contributed by atoms with E-state index in [4.69, 9.17) is 208 Å². The van der Waals surface area contributed by atoms with Crippen LogP contribution in [0.4, 0.5) is 0 Å². The lowest BCUT2D eigenvalue weighted by Crippen LogP contribution is -2.52. The van der Waals surface area contributed by atoms with Crippen LogP contribution in [0.1, 0.15) is 0 Å². The smallest absolute Gasteiger partial charge is 0.128 e. The summed E-state index contributed by atoms with van der Waals surface area (Å²) in [6.07, 6.45) is 0. The van der Waals surface area contributed by atoms with Gasteiger partial charge in [-0.05, 0) is 81.6 Å². The largest absolute Gasteiger partial charge is 0.457 e. The van der Waals surface area contributed by atoms with Gasteiger partial charge >= 0.3 is 0 Å².